The number of nitrogens with one attached hydrogen (secondary N) is 1. The van der Waals surface area contributed by atoms with E-state index in [1.807, 2.05) is 36.4 Å². The van der Waals surface area contributed by atoms with Crippen LogP contribution < -0.4 is 5.32 Å². The Labute approximate surface area is 127 Å². The van der Waals surface area contributed by atoms with Crippen molar-refractivity contribution in [3.05, 3.63) is 63.6 Å². The van der Waals surface area contributed by atoms with Gasteiger partial charge in [0.05, 0.1) is 0 Å². The second-order valence-electron chi connectivity index (χ2n) is 5.05. The molecule has 1 heterocycles. The van der Waals surface area contributed by atoms with E-state index in [-0.39, 0.29) is 5.78 Å². The van der Waals surface area contributed by atoms with E-state index in [0.717, 1.165) is 40.7 Å². The largest absolute Gasteiger partial charge is 0.385 e. The molecule has 1 aliphatic rings. The Hall–Kier alpha value is -1.61. The van der Waals surface area contributed by atoms with Crippen LogP contribution in [0.4, 0.5) is 5.69 Å². The first-order valence-electron chi connectivity index (χ1n) is 6.88. The molecule has 0 bridgehead atoms. The normalized spacial score (nSPS) is 13.4. The van der Waals surface area contributed by atoms with Gasteiger partial charge in [0.15, 0.2) is 5.78 Å². The van der Waals surface area contributed by atoms with E-state index in [4.69, 9.17) is 0 Å². The molecule has 20 heavy (non-hydrogen) atoms. The van der Waals surface area contributed by atoms with Crippen LogP contribution in [-0.4, -0.2) is 12.3 Å². The molecule has 2 aromatic rings. The summed E-state index contributed by atoms with van der Waals surface area (Å²) >= 11 is 3.51. The molecule has 1 aliphatic heterocycles. The lowest BCUT2D eigenvalue weighted by Gasteiger charge is -2.20. The number of rotatable bonds is 3. The van der Waals surface area contributed by atoms with Crippen molar-refractivity contribution < 1.29 is 4.79 Å². The molecule has 3 rings (SSSR count). The quantitative estimate of drug-likeness (QED) is 0.853. The first kappa shape index (κ1) is 13.4. The highest BCUT2D eigenvalue weighted by molar-refractivity contribution is 9.10. The maximum Gasteiger partial charge on any atom is 0.167 e. The zero-order chi connectivity index (χ0) is 13.9. The molecule has 0 unspecified atom stereocenters. The van der Waals surface area contributed by atoms with Gasteiger partial charge in [0, 0.05) is 28.7 Å². The number of carbonyl (C=O) groups excluding carboxylic acids is 1. The van der Waals surface area contributed by atoms with Gasteiger partial charge in [-0.25, -0.2) is 0 Å². The zero-order valence-electron chi connectivity index (χ0n) is 11.2. The SMILES string of the molecule is O=C(Cc1ccccc1Br)c1cccc2c1CCCN2. The molecule has 0 spiro atoms. The number of fused-ring (bicyclic) bond motifs is 1. The van der Waals surface area contributed by atoms with Gasteiger partial charge in [-0.2, -0.15) is 0 Å². The monoisotopic (exact) mass is 329 g/mol. The maximum atomic E-state index is 12.6. The van der Waals surface area contributed by atoms with Gasteiger partial charge >= 0.3 is 0 Å². The minimum Gasteiger partial charge on any atom is -0.385 e. The molecule has 0 radical (unpaired) electrons. The molecule has 102 valence electrons. The van der Waals surface area contributed by atoms with Crippen LogP contribution in [0.3, 0.4) is 0 Å². The third-order valence-corrected chi connectivity index (χ3v) is 4.48. The zero-order valence-corrected chi connectivity index (χ0v) is 12.7. The maximum absolute atomic E-state index is 12.6. The highest BCUT2D eigenvalue weighted by Crippen LogP contribution is 2.27. The molecule has 0 amide bonds. The van der Waals surface area contributed by atoms with Crippen LogP contribution >= 0.6 is 15.9 Å². The van der Waals surface area contributed by atoms with Gasteiger partial charge in [0.1, 0.15) is 0 Å². The van der Waals surface area contributed by atoms with Crippen molar-refractivity contribution in [3.8, 4) is 0 Å². The van der Waals surface area contributed by atoms with Gasteiger partial charge in [-0.1, -0.05) is 46.3 Å². The second kappa shape index (κ2) is 5.80. The number of hydrogen-bond donors (Lipinski definition) is 1. The van der Waals surface area contributed by atoms with Crippen molar-refractivity contribution in [1.29, 1.82) is 0 Å². The van der Waals surface area contributed by atoms with Crippen LogP contribution in [0.25, 0.3) is 0 Å². The summed E-state index contributed by atoms with van der Waals surface area (Å²) in [6, 6.07) is 13.9. The van der Waals surface area contributed by atoms with E-state index in [0.29, 0.717) is 6.42 Å². The highest BCUT2D eigenvalue weighted by Gasteiger charge is 2.17. The van der Waals surface area contributed by atoms with E-state index in [9.17, 15) is 4.79 Å². The summed E-state index contributed by atoms with van der Waals surface area (Å²) in [4.78, 5) is 12.6. The fourth-order valence-corrected chi connectivity index (χ4v) is 3.11. The van der Waals surface area contributed by atoms with Crippen LogP contribution in [0.1, 0.15) is 27.9 Å². The first-order chi connectivity index (χ1) is 9.75. The van der Waals surface area contributed by atoms with Crippen molar-refractivity contribution >= 4 is 27.4 Å². The van der Waals surface area contributed by atoms with E-state index in [1.54, 1.807) is 0 Å². The van der Waals surface area contributed by atoms with Gasteiger partial charge in [0.25, 0.3) is 0 Å². The van der Waals surface area contributed by atoms with Crippen molar-refractivity contribution in [2.45, 2.75) is 19.3 Å². The van der Waals surface area contributed by atoms with E-state index in [2.05, 4.69) is 27.3 Å². The van der Waals surface area contributed by atoms with Gasteiger partial charge in [-0.15, -0.1) is 0 Å². The molecule has 0 saturated heterocycles. The Kier molecular flexibility index (Phi) is 3.88. The Morgan fingerprint density at radius 3 is 2.85 bits per heavy atom. The Morgan fingerprint density at radius 1 is 1.15 bits per heavy atom. The molecule has 0 atom stereocenters. The average Bonchev–Trinajstić information content (AvgIpc) is 2.49. The fraction of sp³-hybridized carbons (Fsp3) is 0.235. The van der Waals surface area contributed by atoms with E-state index >= 15 is 0 Å². The van der Waals surface area contributed by atoms with E-state index in [1.165, 1.54) is 5.56 Å². The molecule has 0 fully saturated rings. The van der Waals surface area contributed by atoms with Crippen molar-refractivity contribution in [2.24, 2.45) is 0 Å². The molecular formula is C17H16BrNO. The van der Waals surface area contributed by atoms with Gasteiger partial charge in [0.2, 0.25) is 0 Å². The lowest BCUT2D eigenvalue weighted by atomic mass is 9.93. The first-order valence-corrected chi connectivity index (χ1v) is 7.67. The lowest BCUT2D eigenvalue weighted by Crippen LogP contribution is -2.16. The smallest absolute Gasteiger partial charge is 0.167 e. The van der Waals surface area contributed by atoms with Crippen molar-refractivity contribution in [2.75, 3.05) is 11.9 Å². The minimum atomic E-state index is 0.192. The number of benzene rings is 2. The summed E-state index contributed by atoms with van der Waals surface area (Å²) in [6.45, 7) is 0.995. The van der Waals surface area contributed by atoms with Crippen molar-refractivity contribution in [3.63, 3.8) is 0 Å². The number of carbonyl (C=O) groups is 1. The Morgan fingerprint density at radius 2 is 2.00 bits per heavy atom. The van der Waals surface area contributed by atoms with Crippen LogP contribution in [0.5, 0.6) is 0 Å². The van der Waals surface area contributed by atoms with E-state index < -0.39 is 0 Å². The number of halogens is 1. The highest BCUT2D eigenvalue weighted by atomic mass is 79.9. The standard InChI is InChI=1S/C17H16BrNO/c18-15-8-2-1-5-12(15)11-17(20)14-6-3-9-16-13(14)7-4-10-19-16/h1-3,5-6,8-9,19H,4,7,10-11H2. The lowest BCUT2D eigenvalue weighted by molar-refractivity contribution is 0.0992. The minimum absolute atomic E-state index is 0.192. The fourth-order valence-electron chi connectivity index (χ4n) is 2.68. The van der Waals surface area contributed by atoms with Gasteiger partial charge in [-0.3, -0.25) is 4.79 Å². The van der Waals surface area contributed by atoms with Crippen LogP contribution in [0.15, 0.2) is 46.9 Å². The van der Waals surface area contributed by atoms with Crippen molar-refractivity contribution in [1.82, 2.24) is 0 Å². The number of ketones is 1. The number of anilines is 1. The predicted octanol–water partition coefficient (Wildman–Crippen LogP) is 4.23. The Balaban J connectivity index is 1.90. The summed E-state index contributed by atoms with van der Waals surface area (Å²) < 4.78 is 0.997. The molecule has 3 heteroatoms. The molecule has 0 aliphatic carbocycles. The van der Waals surface area contributed by atoms with Crippen LogP contribution in [0.2, 0.25) is 0 Å². The number of hydrogen-bond acceptors (Lipinski definition) is 2. The summed E-state index contributed by atoms with van der Waals surface area (Å²) in [6.07, 6.45) is 2.52. The van der Waals surface area contributed by atoms with Gasteiger partial charge in [-0.05, 0) is 36.1 Å². The molecule has 1 N–H and O–H groups in total. The Bertz CT molecular complexity index is 651. The molecular weight excluding hydrogens is 314 g/mol. The summed E-state index contributed by atoms with van der Waals surface area (Å²) in [7, 11) is 0. The third kappa shape index (κ3) is 2.63. The molecule has 0 aromatic heterocycles. The second-order valence-corrected chi connectivity index (χ2v) is 5.91. The van der Waals surface area contributed by atoms with Crippen LogP contribution in [-0.2, 0) is 12.8 Å². The molecule has 2 nitrogen and oxygen atoms in total. The summed E-state index contributed by atoms with van der Waals surface area (Å²) in [5.74, 6) is 0.192. The third-order valence-electron chi connectivity index (χ3n) is 3.70. The average molecular weight is 330 g/mol. The van der Waals surface area contributed by atoms with Crippen LogP contribution in [0, 0.1) is 0 Å². The van der Waals surface area contributed by atoms with Gasteiger partial charge < -0.3 is 5.32 Å². The summed E-state index contributed by atoms with van der Waals surface area (Å²) in [5.41, 5.74) is 4.20. The predicted molar refractivity (Wildman–Crippen MR) is 85.4 cm³/mol. The topological polar surface area (TPSA) is 29.1 Å². The molecule has 2 aromatic carbocycles. The molecule has 0 saturated carbocycles. The number of Topliss-reactive ketones (excluding diaryl/α,β-unsaturated/α-hetero) is 1. The summed E-state index contributed by atoms with van der Waals surface area (Å²) in [5, 5.41) is 3.37.